The van der Waals surface area contributed by atoms with E-state index in [2.05, 4.69) is 10.3 Å². The Morgan fingerprint density at radius 2 is 1.77 bits per heavy atom. The highest BCUT2D eigenvalue weighted by molar-refractivity contribution is 7.94. The van der Waals surface area contributed by atoms with Crippen molar-refractivity contribution in [3.63, 3.8) is 0 Å². The van der Waals surface area contributed by atoms with Crippen molar-refractivity contribution < 1.29 is 16.8 Å². The largest absolute Gasteiger partial charge is 0.374 e. The SMILES string of the molecule is CCS(=O)(=O)c1nc(S(=O)(=O)c2ccc(Cl)cc2)c(NCCC(C)C)s1. The standard InChI is InChI=1S/C16H21ClN2O4S3/c1-4-25(20,21)16-19-15(14(24-16)18-10-9-11(2)3)26(22,23)13-7-5-12(17)6-8-13/h5-8,11,18H,4,9-10H2,1-3H3. The average molecular weight is 437 g/mol. The minimum absolute atomic E-state index is 0.0135. The molecule has 0 aliphatic rings. The van der Waals surface area contributed by atoms with Gasteiger partial charge in [0.1, 0.15) is 5.00 Å². The Kier molecular flexibility index (Phi) is 6.70. The van der Waals surface area contributed by atoms with Gasteiger partial charge in [-0.05, 0) is 36.6 Å². The zero-order chi connectivity index (χ0) is 19.5. The second kappa shape index (κ2) is 8.24. The molecule has 26 heavy (non-hydrogen) atoms. The van der Waals surface area contributed by atoms with Gasteiger partial charge in [-0.2, -0.15) is 0 Å². The molecule has 0 bridgehead atoms. The van der Waals surface area contributed by atoms with Gasteiger partial charge in [-0.15, -0.1) is 0 Å². The molecule has 0 saturated heterocycles. The number of hydrogen-bond acceptors (Lipinski definition) is 7. The Morgan fingerprint density at radius 1 is 1.15 bits per heavy atom. The van der Waals surface area contributed by atoms with Gasteiger partial charge in [0.2, 0.25) is 24.0 Å². The molecule has 1 heterocycles. The van der Waals surface area contributed by atoms with Crippen molar-refractivity contribution in [3.05, 3.63) is 29.3 Å². The molecule has 0 saturated carbocycles. The van der Waals surface area contributed by atoms with Gasteiger partial charge >= 0.3 is 0 Å². The van der Waals surface area contributed by atoms with Crippen LogP contribution in [0.4, 0.5) is 5.00 Å². The van der Waals surface area contributed by atoms with Crippen molar-refractivity contribution in [2.45, 2.75) is 41.5 Å². The molecule has 1 aromatic heterocycles. The maximum absolute atomic E-state index is 13.0. The average Bonchev–Trinajstić information content (AvgIpc) is 3.01. The van der Waals surface area contributed by atoms with E-state index in [0.29, 0.717) is 17.5 Å². The molecule has 0 atom stereocenters. The van der Waals surface area contributed by atoms with Crippen LogP contribution in [-0.2, 0) is 19.7 Å². The number of hydrogen-bond donors (Lipinski definition) is 1. The molecule has 0 fully saturated rings. The molecule has 6 nitrogen and oxygen atoms in total. The maximum atomic E-state index is 13.0. The Bertz CT molecular complexity index is 965. The topological polar surface area (TPSA) is 93.2 Å². The summed E-state index contributed by atoms with van der Waals surface area (Å²) < 4.78 is 50.0. The first-order valence-corrected chi connectivity index (χ1v) is 12.4. The molecule has 0 amide bonds. The smallest absolute Gasteiger partial charge is 0.226 e. The van der Waals surface area contributed by atoms with Crippen molar-refractivity contribution in [2.24, 2.45) is 5.92 Å². The predicted molar refractivity (Wildman–Crippen MR) is 105 cm³/mol. The Hall–Kier alpha value is -1.16. The molecule has 2 rings (SSSR count). The predicted octanol–water partition coefficient (Wildman–Crippen LogP) is 3.88. The second-order valence-electron chi connectivity index (χ2n) is 6.08. The van der Waals surface area contributed by atoms with E-state index < -0.39 is 19.7 Å². The number of thiazole rings is 1. The highest BCUT2D eigenvalue weighted by atomic mass is 35.5. The summed E-state index contributed by atoms with van der Waals surface area (Å²) in [6.45, 7) is 6.12. The number of nitrogens with zero attached hydrogens (tertiary/aromatic N) is 1. The van der Waals surface area contributed by atoms with Crippen LogP contribution >= 0.6 is 22.9 Å². The molecular formula is C16H21ClN2O4S3. The van der Waals surface area contributed by atoms with Gasteiger partial charge < -0.3 is 5.32 Å². The van der Waals surface area contributed by atoms with E-state index in [1.165, 1.54) is 31.2 Å². The highest BCUT2D eigenvalue weighted by Gasteiger charge is 2.29. The Morgan fingerprint density at radius 3 is 2.31 bits per heavy atom. The van der Waals surface area contributed by atoms with Crippen molar-refractivity contribution in [1.29, 1.82) is 0 Å². The van der Waals surface area contributed by atoms with Crippen LogP contribution in [0.25, 0.3) is 0 Å². The first-order chi connectivity index (χ1) is 12.1. The first-order valence-electron chi connectivity index (χ1n) is 8.06. The molecule has 10 heteroatoms. The lowest BCUT2D eigenvalue weighted by atomic mass is 10.1. The van der Waals surface area contributed by atoms with E-state index in [9.17, 15) is 16.8 Å². The van der Waals surface area contributed by atoms with Crippen LogP contribution in [0.1, 0.15) is 27.2 Å². The minimum Gasteiger partial charge on any atom is -0.374 e. The first kappa shape index (κ1) is 21.1. The molecular weight excluding hydrogens is 416 g/mol. The molecule has 0 aliphatic carbocycles. The third kappa shape index (κ3) is 4.76. The van der Waals surface area contributed by atoms with E-state index >= 15 is 0 Å². The highest BCUT2D eigenvalue weighted by Crippen LogP contribution is 2.35. The van der Waals surface area contributed by atoms with Crippen molar-refractivity contribution in [3.8, 4) is 0 Å². The van der Waals surface area contributed by atoms with Gasteiger partial charge in [0, 0.05) is 11.6 Å². The summed E-state index contributed by atoms with van der Waals surface area (Å²) in [5.41, 5.74) is 0. The van der Waals surface area contributed by atoms with Gasteiger partial charge in [-0.1, -0.05) is 43.7 Å². The quantitative estimate of drug-likeness (QED) is 0.674. The normalized spacial score (nSPS) is 12.5. The molecule has 0 radical (unpaired) electrons. The monoisotopic (exact) mass is 436 g/mol. The van der Waals surface area contributed by atoms with Crippen LogP contribution in [0, 0.1) is 5.92 Å². The molecule has 0 unspecified atom stereocenters. The molecule has 0 spiro atoms. The lowest BCUT2D eigenvalue weighted by Crippen LogP contribution is -2.09. The number of anilines is 1. The number of sulfone groups is 2. The zero-order valence-corrected chi connectivity index (χ0v) is 17.9. The van der Waals surface area contributed by atoms with E-state index in [0.717, 1.165) is 17.8 Å². The Balaban J connectivity index is 2.52. The lowest BCUT2D eigenvalue weighted by molar-refractivity contribution is 0.589. The summed E-state index contributed by atoms with van der Waals surface area (Å²) in [5.74, 6) is 0.275. The lowest BCUT2D eigenvalue weighted by Gasteiger charge is -2.08. The summed E-state index contributed by atoms with van der Waals surface area (Å²) in [7, 11) is -7.58. The fourth-order valence-electron chi connectivity index (χ4n) is 2.04. The Labute approximate surface area is 163 Å². The van der Waals surface area contributed by atoms with Gasteiger partial charge in [0.05, 0.1) is 10.6 Å². The molecule has 1 aromatic carbocycles. The zero-order valence-electron chi connectivity index (χ0n) is 14.7. The molecule has 0 aliphatic heterocycles. The minimum atomic E-state index is -3.97. The van der Waals surface area contributed by atoms with Crippen LogP contribution in [0.3, 0.4) is 0 Å². The van der Waals surface area contributed by atoms with E-state index in [4.69, 9.17) is 11.6 Å². The van der Waals surface area contributed by atoms with Gasteiger partial charge in [0.25, 0.3) is 0 Å². The maximum Gasteiger partial charge on any atom is 0.226 e. The summed E-state index contributed by atoms with van der Waals surface area (Å²) in [5, 5.41) is 3.42. The summed E-state index contributed by atoms with van der Waals surface area (Å²) in [4.78, 5) is 3.98. The van der Waals surface area contributed by atoms with Crippen molar-refractivity contribution >= 4 is 47.6 Å². The van der Waals surface area contributed by atoms with Crippen molar-refractivity contribution in [2.75, 3.05) is 17.6 Å². The number of rotatable bonds is 8. The fraction of sp³-hybridized carbons (Fsp3) is 0.438. The van der Waals surface area contributed by atoms with Gasteiger partial charge in [-0.3, -0.25) is 0 Å². The van der Waals surface area contributed by atoms with Gasteiger partial charge in [0.15, 0.2) is 5.03 Å². The van der Waals surface area contributed by atoms with Gasteiger partial charge in [-0.25, -0.2) is 21.8 Å². The number of aromatic nitrogens is 1. The number of benzene rings is 1. The van der Waals surface area contributed by atoms with E-state index in [1.54, 1.807) is 0 Å². The molecule has 2 aromatic rings. The molecule has 1 N–H and O–H groups in total. The van der Waals surface area contributed by atoms with Crippen LogP contribution < -0.4 is 5.32 Å². The second-order valence-corrected chi connectivity index (χ2v) is 11.8. The summed E-state index contributed by atoms with van der Waals surface area (Å²) in [6, 6.07) is 5.69. The summed E-state index contributed by atoms with van der Waals surface area (Å²) >= 11 is 6.67. The van der Waals surface area contributed by atoms with Crippen LogP contribution in [-0.4, -0.2) is 34.1 Å². The van der Waals surface area contributed by atoms with Crippen LogP contribution in [0.2, 0.25) is 5.02 Å². The number of nitrogens with one attached hydrogen (secondary N) is 1. The third-order valence-electron chi connectivity index (χ3n) is 3.61. The van der Waals surface area contributed by atoms with Crippen molar-refractivity contribution in [1.82, 2.24) is 4.98 Å². The fourth-order valence-corrected chi connectivity index (χ4v) is 6.19. The van der Waals surface area contributed by atoms with E-state index in [1.807, 2.05) is 13.8 Å². The number of halogens is 1. The molecule has 144 valence electrons. The summed E-state index contributed by atoms with van der Waals surface area (Å²) in [6.07, 6.45) is 0.814. The van der Waals surface area contributed by atoms with Crippen LogP contribution in [0.5, 0.6) is 0 Å². The van der Waals surface area contributed by atoms with E-state index in [-0.39, 0.29) is 25.0 Å². The third-order valence-corrected chi connectivity index (χ3v) is 8.89. The van der Waals surface area contributed by atoms with Crippen LogP contribution in [0.15, 0.2) is 38.5 Å².